The number of aryl methyl sites for hydroxylation is 4. The predicted octanol–water partition coefficient (Wildman–Crippen LogP) is 8.47. The number of aliphatic hydroxyl groups is 1. The van der Waals surface area contributed by atoms with Gasteiger partial charge in [-0.25, -0.2) is 0 Å². The Bertz CT molecular complexity index is 3930. The van der Waals surface area contributed by atoms with Gasteiger partial charge in [-0.1, -0.05) is 72.8 Å². The Morgan fingerprint density at radius 1 is 0.585 bits per heavy atom. The van der Waals surface area contributed by atoms with Crippen molar-refractivity contribution in [1.82, 2.24) is 19.6 Å². The summed E-state index contributed by atoms with van der Waals surface area (Å²) in [4.78, 5) is 43.1. The molecule has 3 radical (unpaired) electrons. The molecule has 8 aliphatic heterocycles. The maximum Gasteiger partial charge on any atom is 0.306 e. The summed E-state index contributed by atoms with van der Waals surface area (Å²) in [5.41, 5.74) is 13.6. The van der Waals surface area contributed by atoms with Crippen molar-refractivity contribution in [3.63, 3.8) is 0 Å². The molecule has 10 atom stereocenters. The first kappa shape index (κ1) is 73.0. The molecule has 8 heterocycles. The van der Waals surface area contributed by atoms with Crippen LogP contribution in [-0.4, -0.2) is 145 Å². The van der Waals surface area contributed by atoms with Gasteiger partial charge < -0.3 is 59.2 Å². The quantitative estimate of drug-likeness (QED) is 0.0324. The van der Waals surface area contributed by atoms with E-state index in [1.54, 1.807) is 6.92 Å². The average molecular weight is 1810 g/mol. The number of fused-ring (bicyclic) bond motifs is 18. The van der Waals surface area contributed by atoms with Gasteiger partial charge in [-0.3, -0.25) is 29.2 Å². The van der Waals surface area contributed by atoms with Crippen molar-refractivity contribution in [2.24, 2.45) is 0 Å². The average Bonchev–Trinajstić information content (AvgIpc) is 0.969. The Labute approximate surface area is 632 Å². The number of rotatable bonds is 10. The number of esters is 2. The summed E-state index contributed by atoms with van der Waals surface area (Å²) in [6.07, 6.45) is 2.66. The molecular formula is C69H76Ac2AgN6O16. The molecule has 0 amide bonds. The number of aromatic hydroxyl groups is 4. The van der Waals surface area contributed by atoms with E-state index in [0.717, 1.165) is 55.6 Å². The fraction of sp³-hybridized carbons (Fsp3) is 0.435. The zero-order valence-electron chi connectivity index (χ0n) is 53.6. The number of ether oxygens (including phenoxy) is 6. The molecule has 2 fully saturated rings. The predicted molar refractivity (Wildman–Crippen MR) is 329 cm³/mol. The van der Waals surface area contributed by atoms with Crippen LogP contribution in [0.2, 0.25) is 0 Å². The SMILES string of the molecule is Cc1cc2c(c(O)c1C)[C@@H]1C3Cc4c(O)c(C)c5c(c4[C@H](COC(=O)CCc4ccccc4)N3[C@@H](C#N)[C@H](C2)N1C)OCO5.Cc1cc2c(c(O)c1C)[C@@H]1C3Cc4c(O)c(C)c5c(c4[C@H](COC(=O)CCc4ccccc4)N3[C@@H](O)[C@H](C2)N1C)OCO5.O=[N+]([O-])O.[Ac].[Ac].[Ag]. The summed E-state index contributed by atoms with van der Waals surface area (Å²) < 4.78 is 35.5. The molecule has 2 unspecified atom stereocenters. The van der Waals surface area contributed by atoms with Crippen molar-refractivity contribution in [2.75, 3.05) is 40.9 Å². The fourth-order valence-corrected chi connectivity index (χ4v) is 15.8. The summed E-state index contributed by atoms with van der Waals surface area (Å²) >= 11 is 0. The van der Waals surface area contributed by atoms with Crippen LogP contribution >= 0.6 is 0 Å². The second-order valence-corrected chi connectivity index (χ2v) is 25.1. The second-order valence-electron chi connectivity index (χ2n) is 25.1. The molecule has 14 rings (SSSR count). The maximum atomic E-state index is 13.1. The van der Waals surface area contributed by atoms with Crippen molar-refractivity contribution < 1.29 is 184 Å². The third-order valence-corrected chi connectivity index (χ3v) is 20.5. The first-order chi connectivity index (χ1) is 43.6. The van der Waals surface area contributed by atoms with E-state index in [4.69, 9.17) is 43.7 Å². The van der Waals surface area contributed by atoms with Crippen molar-refractivity contribution in [2.45, 2.75) is 154 Å². The van der Waals surface area contributed by atoms with Crippen LogP contribution in [-0.2, 0) is 80.0 Å². The maximum absolute atomic E-state index is 13.1. The third kappa shape index (κ3) is 13.1. The van der Waals surface area contributed by atoms with Crippen LogP contribution in [0.4, 0.5) is 0 Å². The van der Waals surface area contributed by atoms with E-state index < -0.39 is 29.4 Å². The smallest absolute Gasteiger partial charge is 0.306 e. The molecule has 0 saturated carbocycles. The van der Waals surface area contributed by atoms with Gasteiger partial charge in [-0.05, 0) is 139 Å². The number of carbonyl (C=O) groups is 2. The number of hydrogen-bond donors (Lipinski definition) is 6. The summed E-state index contributed by atoms with van der Waals surface area (Å²) in [6.45, 7) is 11.5. The largest absolute Gasteiger partial charge is 0.507 e. The van der Waals surface area contributed by atoms with E-state index >= 15 is 0 Å². The molecule has 6 aromatic rings. The molecule has 8 aliphatic rings. The number of benzene rings is 6. The first-order valence-corrected chi connectivity index (χ1v) is 30.8. The topological polar surface area (TPSA) is 291 Å². The monoisotopic (exact) mass is 1810 g/mol. The normalized spacial score (nSPS) is 23.7. The van der Waals surface area contributed by atoms with Gasteiger partial charge >= 0.3 is 11.9 Å². The van der Waals surface area contributed by atoms with Gasteiger partial charge in [-0.15, -0.1) is 10.1 Å². The van der Waals surface area contributed by atoms with Gasteiger partial charge in [-0.2, -0.15) is 5.26 Å². The minimum Gasteiger partial charge on any atom is -0.507 e. The second kappa shape index (κ2) is 29.9. The molecule has 0 aliphatic carbocycles. The van der Waals surface area contributed by atoms with Crippen LogP contribution in [0.3, 0.4) is 0 Å². The fourth-order valence-electron chi connectivity index (χ4n) is 15.8. The number of piperazine rings is 2. The number of phenolic OH excluding ortho intramolecular Hbond substituents is 4. The number of nitrogens with zero attached hydrogens (tertiary/aromatic N) is 6. The van der Waals surface area contributed by atoms with Crippen LogP contribution in [0, 0.1) is 151 Å². The van der Waals surface area contributed by atoms with Crippen molar-refractivity contribution in [1.29, 1.82) is 5.26 Å². The van der Waals surface area contributed by atoms with Gasteiger partial charge in [0.05, 0.1) is 36.3 Å². The Kier molecular flexibility index (Phi) is 23.2. The van der Waals surface area contributed by atoms with E-state index in [1.807, 2.05) is 114 Å². The molecule has 94 heavy (non-hydrogen) atoms. The zero-order valence-corrected chi connectivity index (χ0v) is 64.6. The number of likely N-dealkylation sites (N-methyl/N-ethyl adjacent to an activating group) is 2. The summed E-state index contributed by atoms with van der Waals surface area (Å²) in [5, 5.41) is 82.4. The standard InChI is InChI=1S/C35H37N3O6.C34H38N2O7.2Ac.Ag.HNO3/c1-18-12-22-13-24-26(15-36)38-25(31(37(24)4)29(22)33(41)19(18)2)14-23-30(35-34(43-17-44-35)20(3)32(23)40)27(38)16-42-28(39)11-10-21-8-6-5-7-9-21;1-17-12-21-13-24-34(40)36-23(29(35(24)4)27(21)31(39)18(17)2)14-22-28(33-32(42-16-43-33)19(3)30(22)38)25(36)15-41-26(37)11-10-20-8-6-5-7-9-20;;;;2-1(3)4/h5-9,12,24-27,31,40-41H,10-11,13-14,16-17H2,1-4H3;5-9,12,23-25,29,34,38-40H,10-11,13-16H2,1-4H3;;;;(H,2,3,4)/t24-,25?,26-,27-,31-;23?,24-,25-,29-,34-;;;;/m00..../s1. The van der Waals surface area contributed by atoms with Crippen LogP contribution in [0.15, 0.2) is 72.8 Å². The number of hydrogen-bond acceptors (Lipinski definition) is 20. The van der Waals surface area contributed by atoms with Gasteiger partial charge in [0.15, 0.2) is 23.0 Å². The van der Waals surface area contributed by atoms with Crippen LogP contribution < -0.4 is 18.9 Å². The van der Waals surface area contributed by atoms with E-state index in [0.29, 0.717) is 94.9 Å². The van der Waals surface area contributed by atoms with Gasteiger partial charge in [0.2, 0.25) is 13.6 Å². The number of aliphatic hydroxyl groups excluding tert-OH is 1. The molecule has 4 bridgehead atoms. The van der Waals surface area contributed by atoms with E-state index in [1.165, 1.54) is 0 Å². The number of nitriles is 1. The van der Waals surface area contributed by atoms with Crippen LogP contribution in [0.25, 0.3) is 0 Å². The Hall–Kier alpha value is -5.23. The molecule has 0 aromatic heterocycles. The molecule has 2 saturated heterocycles. The number of carbonyl (C=O) groups excluding carboxylic acids is 2. The van der Waals surface area contributed by atoms with Crippen LogP contribution in [0.5, 0.6) is 46.0 Å². The summed E-state index contributed by atoms with van der Waals surface area (Å²) in [7, 11) is 4.01. The molecule has 0 spiro atoms. The van der Waals surface area contributed by atoms with E-state index in [-0.39, 0.29) is 221 Å². The third-order valence-electron chi connectivity index (χ3n) is 20.5. The minimum absolute atomic E-state index is 0. The first-order valence-electron chi connectivity index (χ1n) is 30.8. The van der Waals surface area contributed by atoms with Gasteiger partial charge in [0.1, 0.15) is 48.5 Å². The molecule has 495 valence electrons. The molecular weight excluding hydrogens is 1730 g/mol. The zero-order chi connectivity index (χ0) is 64.6. The van der Waals surface area contributed by atoms with Crippen molar-refractivity contribution in [3.05, 3.63) is 172 Å². The summed E-state index contributed by atoms with van der Waals surface area (Å²) in [5.74, 6) is 2.17. The van der Waals surface area contributed by atoms with E-state index in [9.17, 15) is 40.4 Å². The summed E-state index contributed by atoms with van der Waals surface area (Å²) in [6, 6.07) is 23.2. The Balaban J connectivity index is 0.000000203. The van der Waals surface area contributed by atoms with Crippen molar-refractivity contribution >= 4 is 11.9 Å². The van der Waals surface area contributed by atoms with Gasteiger partial charge in [0, 0.05) is 186 Å². The molecule has 6 N–H and O–H groups in total. The number of phenols is 4. The Morgan fingerprint density at radius 3 is 1.39 bits per heavy atom. The van der Waals surface area contributed by atoms with Crippen LogP contribution in [0.1, 0.15) is 126 Å². The minimum atomic E-state index is -1.50. The molecule has 22 nitrogen and oxygen atoms in total. The van der Waals surface area contributed by atoms with Gasteiger partial charge in [0.25, 0.3) is 5.09 Å². The van der Waals surface area contributed by atoms with E-state index in [2.05, 4.69) is 32.9 Å². The van der Waals surface area contributed by atoms with Crippen molar-refractivity contribution in [3.8, 4) is 52.1 Å². The molecule has 25 heteroatoms. The Morgan fingerprint density at radius 2 is 0.968 bits per heavy atom. The molecule has 6 aromatic carbocycles.